The maximum atomic E-state index is 12.0. The number of pyridine rings is 3. The summed E-state index contributed by atoms with van der Waals surface area (Å²) in [6.45, 7) is 0.362. The standard InChI is InChI=1S/C23H18N6O2.C10H9BrN4O/c24-12-18-9-4-15(13-25-18)14-31-19-10-7-16(8-11-19)20-2-1-3-21-26-23(28-29(20)21)27-22(30)17-5-6-17;11-7-2-1-3-8-12-10(14-15(7)8)13-9(16)6-4-5-6/h1-4,7-11,13,17H,5-6,14H2,(H,27,28,30);1-3,6H,4-5H2,(H,13,14,16). The Kier molecular flexibility index (Phi) is 8.28. The van der Waals surface area contributed by atoms with E-state index in [4.69, 9.17) is 10.00 Å². The molecule has 0 unspecified atom stereocenters. The third-order valence-corrected chi connectivity index (χ3v) is 8.13. The molecule has 2 aliphatic rings. The van der Waals surface area contributed by atoms with Crippen molar-refractivity contribution in [3.05, 3.63) is 94.9 Å². The second kappa shape index (κ2) is 13.0. The molecule has 13 nitrogen and oxygen atoms in total. The molecule has 2 amide bonds. The Bertz CT molecular complexity index is 2130. The number of nitrogens with one attached hydrogen (secondary N) is 2. The Morgan fingerprint density at radius 3 is 2.02 bits per heavy atom. The quantitative estimate of drug-likeness (QED) is 0.198. The smallest absolute Gasteiger partial charge is 0.249 e. The number of halogens is 1. The highest BCUT2D eigenvalue weighted by atomic mass is 79.9. The summed E-state index contributed by atoms with van der Waals surface area (Å²) in [5.74, 6) is 1.66. The molecule has 6 aromatic rings. The summed E-state index contributed by atoms with van der Waals surface area (Å²) < 4.78 is 9.99. The minimum Gasteiger partial charge on any atom is -0.489 e. The maximum Gasteiger partial charge on any atom is 0.249 e. The maximum absolute atomic E-state index is 12.0. The Hall–Kier alpha value is -5.68. The van der Waals surface area contributed by atoms with Gasteiger partial charge in [-0.05, 0) is 96.2 Å². The number of aromatic nitrogens is 7. The molecule has 0 atom stereocenters. The van der Waals surface area contributed by atoms with Crippen LogP contribution in [0, 0.1) is 23.2 Å². The van der Waals surface area contributed by atoms with E-state index in [-0.39, 0.29) is 23.7 Å². The molecule has 2 N–H and O–H groups in total. The molecule has 234 valence electrons. The summed E-state index contributed by atoms with van der Waals surface area (Å²) in [7, 11) is 0. The van der Waals surface area contributed by atoms with Crippen molar-refractivity contribution in [2.45, 2.75) is 32.3 Å². The molecule has 5 heterocycles. The van der Waals surface area contributed by atoms with Crippen LogP contribution in [-0.4, -0.2) is 46.0 Å². The van der Waals surface area contributed by atoms with E-state index in [9.17, 15) is 9.59 Å². The van der Waals surface area contributed by atoms with Gasteiger partial charge in [0.05, 0.1) is 5.69 Å². The highest BCUT2D eigenvalue weighted by Gasteiger charge is 2.31. The third kappa shape index (κ3) is 7.10. The summed E-state index contributed by atoms with van der Waals surface area (Å²) in [6, 6.07) is 24.5. The first-order chi connectivity index (χ1) is 22.9. The van der Waals surface area contributed by atoms with Crippen molar-refractivity contribution in [3.63, 3.8) is 0 Å². The van der Waals surface area contributed by atoms with E-state index in [2.05, 4.69) is 51.7 Å². The number of nitrogens with zero attached hydrogens (tertiary/aromatic N) is 8. The lowest BCUT2D eigenvalue weighted by Crippen LogP contribution is -2.14. The minimum absolute atomic E-state index is 0.0172. The SMILES string of the molecule is N#Cc1ccc(COc2ccc(-c3cccc4nc(NC(=O)C5CC5)nn34)cc2)cn1.O=C(Nc1nc2cccc(Br)n2n1)C1CC1. The van der Waals surface area contributed by atoms with E-state index in [0.29, 0.717) is 35.5 Å². The predicted octanol–water partition coefficient (Wildman–Crippen LogP) is 5.43. The van der Waals surface area contributed by atoms with E-state index < -0.39 is 0 Å². The zero-order valence-electron chi connectivity index (χ0n) is 24.9. The van der Waals surface area contributed by atoms with Gasteiger partial charge in [0, 0.05) is 29.2 Å². The molecule has 2 saturated carbocycles. The Labute approximate surface area is 276 Å². The number of ether oxygens (including phenoxy) is 1. The van der Waals surface area contributed by atoms with Crippen LogP contribution in [0.5, 0.6) is 5.75 Å². The monoisotopic (exact) mass is 690 g/mol. The van der Waals surface area contributed by atoms with E-state index in [1.165, 1.54) is 0 Å². The van der Waals surface area contributed by atoms with Crippen LogP contribution in [0.25, 0.3) is 22.6 Å². The molecule has 1 aromatic carbocycles. The first-order valence-electron chi connectivity index (χ1n) is 15.0. The van der Waals surface area contributed by atoms with Gasteiger partial charge in [0.1, 0.15) is 28.7 Å². The number of carbonyl (C=O) groups is 2. The molecular formula is C33H27BrN10O3. The highest BCUT2D eigenvalue weighted by Crippen LogP contribution is 2.31. The molecular weight excluding hydrogens is 664 g/mol. The fourth-order valence-electron chi connectivity index (χ4n) is 4.68. The number of fused-ring (bicyclic) bond motifs is 2. The molecule has 0 saturated heterocycles. The van der Waals surface area contributed by atoms with Gasteiger partial charge in [0.2, 0.25) is 23.7 Å². The van der Waals surface area contributed by atoms with Gasteiger partial charge in [0.15, 0.2) is 11.3 Å². The molecule has 47 heavy (non-hydrogen) atoms. The summed E-state index contributed by atoms with van der Waals surface area (Å²) in [6.07, 6.45) is 5.45. The van der Waals surface area contributed by atoms with Crippen LogP contribution in [0.2, 0.25) is 0 Å². The second-order valence-electron chi connectivity index (χ2n) is 11.2. The topological polar surface area (TPSA) is 164 Å². The van der Waals surface area contributed by atoms with Crippen molar-refractivity contribution in [2.75, 3.05) is 10.6 Å². The Morgan fingerprint density at radius 1 is 0.830 bits per heavy atom. The van der Waals surface area contributed by atoms with Crippen LogP contribution >= 0.6 is 15.9 Å². The van der Waals surface area contributed by atoms with Gasteiger partial charge in [-0.25, -0.2) is 14.0 Å². The fourth-order valence-corrected chi connectivity index (χ4v) is 5.10. The number of rotatable bonds is 8. The van der Waals surface area contributed by atoms with E-state index >= 15 is 0 Å². The first-order valence-corrected chi connectivity index (χ1v) is 15.8. The van der Waals surface area contributed by atoms with E-state index in [1.54, 1.807) is 21.3 Å². The number of anilines is 2. The van der Waals surface area contributed by atoms with Crippen molar-refractivity contribution < 1.29 is 14.3 Å². The summed E-state index contributed by atoms with van der Waals surface area (Å²) in [5.41, 5.74) is 4.45. The number of hydrogen-bond donors (Lipinski definition) is 2. The highest BCUT2D eigenvalue weighted by molar-refractivity contribution is 9.10. The van der Waals surface area contributed by atoms with Gasteiger partial charge in [-0.1, -0.05) is 18.2 Å². The predicted molar refractivity (Wildman–Crippen MR) is 175 cm³/mol. The average molecular weight is 692 g/mol. The lowest BCUT2D eigenvalue weighted by atomic mass is 10.1. The van der Waals surface area contributed by atoms with Gasteiger partial charge in [-0.3, -0.25) is 20.2 Å². The van der Waals surface area contributed by atoms with Crippen LogP contribution in [-0.2, 0) is 16.2 Å². The Morgan fingerprint density at radius 2 is 1.45 bits per heavy atom. The van der Waals surface area contributed by atoms with Crippen LogP contribution in [0.3, 0.4) is 0 Å². The third-order valence-electron chi connectivity index (χ3n) is 7.53. The van der Waals surface area contributed by atoms with Crippen molar-refractivity contribution in [1.82, 2.24) is 34.2 Å². The molecule has 0 spiro atoms. The molecule has 8 rings (SSSR count). The summed E-state index contributed by atoms with van der Waals surface area (Å²) in [5, 5.41) is 23.0. The van der Waals surface area contributed by atoms with Gasteiger partial charge >= 0.3 is 0 Å². The molecule has 14 heteroatoms. The average Bonchev–Trinajstić information content (AvgIpc) is 4.03. The zero-order valence-corrected chi connectivity index (χ0v) is 26.5. The van der Waals surface area contributed by atoms with Crippen LogP contribution in [0.4, 0.5) is 11.9 Å². The second-order valence-corrected chi connectivity index (χ2v) is 12.0. The van der Waals surface area contributed by atoms with Crippen molar-refractivity contribution in [3.8, 4) is 23.1 Å². The van der Waals surface area contributed by atoms with E-state index in [0.717, 1.165) is 52.9 Å². The van der Waals surface area contributed by atoms with Gasteiger partial charge in [-0.2, -0.15) is 15.2 Å². The summed E-state index contributed by atoms with van der Waals surface area (Å²) >= 11 is 3.37. The molecule has 5 aromatic heterocycles. The number of nitriles is 1. The number of amides is 2. The largest absolute Gasteiger partial charge is 0.489 e. The first kappa shape index (κ1) is 30.0. The lowest BCUT2D eigenvalue weighted by molar-refractivity contribution is -0.118. The van der Waals surface area contributed by atoms with Crippen molar-refractivity contribution in [1.29, 1.82) is 5.26 Å². The van der Waals surface area contributed by atoms with Gasteiger partial charge < -0.3 is 4.74 Å². The Balaban J connectivity index is 0.000000183. The van der Waals surface area contributed by atoms with Crippen LogP contribution < -0.4 is 15.4 Å². The number of benzene rings is 1. The molecule has 0 aliphatic heterocycles. The lowest BCUT2D eigenvalue weighted by Gasteiger charge is -2.08. The van der Waals surface area contributed by atoms with Gasteiger partial charge in [0.25, 0.3) is 0 Å². The van der Waals surface area contributed by atoms with Crippen molar-refractivity contribution in [2.24, 2.45) is 11.8 Å². The fraction of sp³-hybridized carbons (Fsp3) is 0.212. The normalized spacial score (nSPS) is 13.8. The number of carbonyl (C=O) groups excluding carboxylic acids is 2. The van der Waals surface area contributed by atoms with Crippen LogP contribution in [0.1, 0.15) is 36.9 Å². The summed E-state index contributed by atoms with van der Waals surface area (Å²) in [4.78, 5) is 36.2. The van der Waals surface area contributed by atoms with Crippen molar-refractivity contribution >= 4 is 50.9 Å². The molecule has 2 aliphatic carbocycles. The minimum atomic E-state index is -0.0172. The molecule has 2 fully saturated rings. The van der Waals surface area contributed by atoms with E-state index in [1.807, 2.05) is 72.8 Å². The number of hydrogen-bond acceptors (Lipinski definition) is 9. The zero-order chi connectivity index (χ0) is 32.3. The van der Waals surface area contributed by atoms with Crippen LogP contribution in [0.15, 0.2) is 83.6 Å². The molecule has 0 radical (unpaired) electrons. The van der Waals surface area contributed by atoms with Gasteiger partial charge in [-0.15, -0.1) is 10.2 Å². The molecule has 0 bridgehead atoms.